The fourth-order valence-electron chi connectivity index (χ4n) is 2.19. The smallest absolute Gasteiger partial charge is 0.0672 e. The standard InChI is InChI=1S/C5H12N2.2C5H11NO/c1-5-4-6-2-3-7-5;1-5-4-7-3-2-6-5;1-5-4-6-2-3-7-5/h5-7H,2-4H2,1H3;2*5-6H,2-4H2,1H3. The van der Waals surface area contributed by atoms with Crippen molar-refractivity contribution in [3.05, 3.63) is 0 Å². The van der Waals surface area contributed by atoms with Crippen molar-refractivity contribution >= 4 is 0 Å². The second kappa shape index (κ2) is 12.3. The third kappa shape index (κ3) is 11.0. The molecule has 0 aromatic heterocycles. The Balaban J connectivity index is 0.000000157. The molecule has 3 fully saturated rings. The highest BCUT2D eigenvalue weighted by atomic mass is 16.5. The Labute approximate surface area is 129 Å². The number of nitrogens with one attached hydrogen (secondary N) is 4. The fourth-order valence-corrected chi connectivity index (χ4v) is 2.19. The average molecular weight is 302 g/mol. The van der Waals surface area contributed by atoms with Crippen molar-refractivity contribution in [1.29, 1.82) is 0 Å². The molecule has 3 unspecified atom stereocenters. The molecule has 0 bridgehead atoms. The molecule has 0 radical (unpaired) electrons. The second-order valence-electron chi connectivity index (χ2n) is 5.87. The maximum absolute atomic E-state index is 5.22. The lowest BCUT2D eigenvalue weighted by Gasteiger charge is -2.19. The lowest BCUT2D eigenvalue weighted by atomic mass is 10.3. The van der Waals surface area contributed by atoms with Crippen molar-refractivity contribution < 1.29 is 9.47 Å². The van der Waals surface area contributed by atoms with Crippen LogP contribution < -0.4 is 21.3 Å². The Morgan fingerprint density at radius 3 is 1.81 bits per heavy atom. The van der Waals surface area contributed by atoms with Gasteiger partial charge in [0, 0.05) is 51.4 Å². The monoisotopic (exact) mass is 302 g/mol. The topological polar surface area (TPSA) is 66.6 Å². The summed E-state index contributed by atoms with van der Waals surface area (Å²) in [6.45, 7) is 15.4. The number of morpholine rings is 2. The van der Waals surface area contributed by atoms with Gasteiger partial charge < -0.3 is 30.7 Å². The minimum Gasteiger partial charge on any atom is -0.379 e. The molecule has 0 aromatic rings. The van der Waals surface area contributed by atoms with E-state index in [1.807, 2.05) is 0 Å². The van der Waals surface area contributed by atoms with Gasteiger partial charge in [0.05, 0.1) is 25.9 Å². The molecular formula is C15H34N4O2. The molecule has 0 aliphatic carbocycles. The van der Waals surface area contributed by atoms with Gasteiger partial charge in [0.25, 0.3) is 0 Å². The van der Waals surface area contributed by atoms with Gasteiger partial charge in [-0.15, -0.1) is 0 Å². The second-order valence-corrected chi connectivity index (χ2v) is 5.87. The Morgan fingerprint density at radius 1 is 0.762 bits per heavy atom. The molecule has 3 heterocycles. The van der Waals surface area contributed by atoms with Crippen LogP contribution in [-0.2, 0) is 9.47 Å². The van der Waals surface area contributed by atoms with Crippen LogP contribution in [0.5, 0.6) is 0 Å². The van der Waals surface area contributed by atoms with Crippen molar-refractivity contribution in [2.45, 2.75) is 39.0 Å². The van der Waals surface area contributed by atoms with Gasteiger partial charge in [-0.1, -0.05) is 0 Å². The number of rotatable bonds is 0. The maximum Gasteiger partial charge on any atom is 0.0672 e. The molecule has 126 valence electrons. The summed E-state index contributed by atoms with van der Waals surface area (Å²) in [7, 11) is 0. The van der Waals surface area contributed by atoms with E-state index in [1.54, 1.807) is 0 Å². The summed E-state index contributed by atoms with van der Waals surface area (Å²) in [4.78, 5) is 0. The molecule has 3 saturated heterocycles. The zero-order chi connectivity index (χ0) is 15.3. The summed E-state index contributed by atoms with van der Waals surface area (Å²) in [6, 6.07) is 1.24. The SMILES string of the molecule is CC1CNCCN1.CC1CNCCO1.CC1COCCN1. The minimum atomic E-state index is 0.425. The van der Waals surface area contributed by atoms with Gasteiger partial charge in [0.2, 0.25) is 0 Å². The third-order valence-electron chi connectivity index (χ3n) is 3.47. The first-order valence-electron chi connectivity index (χ1n) is 8.26. The molecule has 3 atom stereocenters. The molecule has 0 spiro atoms. The van der Waals surface area contributed by atoms with E-state index in [4.69, 9.17) is 9.47 Å². The molecule has 4 N–H and O–H groups in total. The van der Waals surface area contributed by atoms with Crippen molar-refractivity contribution in [2.75, 3.05) is 59.1 Å². The van der Waals surface area contributed by atoms with Gasteiger partial charge in [0.15, 0.2) is 0 Å². The maximum atomic E-state index is 5.22. The van der Waals surface area contributed by atoms with Gasteiger partial charge in [-0.3, -0.25) is 0 Å². The van der Waals surface area contributed by atoms with Crippen LogP contribution in [0.3, 0.4) is 0 Å². The predicted octanol–water partition coefficient (Wildman–Crippen LogP) is -0.443. The normalized spacial score (nSPS) is 33.0. The molecule has 0 aromatic carbocycles. The van der Waals surface area contributed by atoms with E-state index in [0.29, 0.717) is 18.2 Å². The van der Waals surface area contributed by atoms with Crippen molar-refractivity contribution in [3.63, 3.8) is 0 Å². The van der Waals surface area contributed by atoms with Gasteiger partial charge in [-0.2, -0.15) is 0 Å². The number of hydrogen-bond acceptors (Lipinski definition) is 6. The molecule has 3 aliphatic heterocycles. The average Bonchev–Trinajstić information content (AvgIpc) is 2.51. The first kappa shape index (κ1) is 18.8. The van der Waals surface area contributed by atoms with Gasteiger partial charge in [-0.25, -0.2) is 0 Å². The van der Waals surface area contributed by atoms with Crippen LogP contribution in [0.4, 0.5) is 0 Å². The van der Waals surface area contributed by atoms with E-state index < -0.39 is 0 Å². The Bertz CT molecular complexity index is 188. The molecular weight excluding hydrogens is 268 g/mol. The molecule has 21 heavy (non-hydrogen) atoms. The molecule has 3 rings (SSSR count). The van der Waals surface area contributed by atoms with Crippen LogP contribution in [0.15, 0.2) is 0 Å². The van der Waals surface area contributed by atoms with E-state index in [1.165, 1.54) is 0 Å². The summed E-state index contributed by atoms with van der Waals surface area (Å²) in [5.41, 5.74) is 0. The highest BCUT2D eigenvalue weighted by Gasteiger charge is 2.05. The van der Waals surface area contributed by atoms with E-state index in [2.05, 4.69) is 42.0 Å². The van der Waals surface area contributed by atoms with Crippen LogP contribution in [0.25, 0.3) is 0 Å². The lowest BCUT2D eigenvalue weighted by Crippen LogP contribution is -2.46. The van der Waals surface area contributed by atoms with Crippen molar-refractivity contribution in [1.82, 2.24) is 21.3 Å². The van der Waals surface area contributed by atoms with Crippen LogP contribution in [-0.4, -0.2) is 77.3 Å². The van der Waals surface area contributed by atoms with Crippen molar-refractivity contribution in [3.8, 4) is 0 Å². The molecule has 0 amide bonds. The highest BCUT2D eigenvalue weighted by molar-refractivity contribution is 4.69. The summed E-state index contributed by atoms with van der Waals surface area (Å²) in [5, 5.41) is 13.1. The summed E-state index contributed by atoms with van der Waals surface area (Å²) < 4.78 is 10.3. The minimum absolute atomic E-state index is 0.425. The molecule has 3 aliphatic rings. The quantitative estimate of drug-likeness (QED) is 0.486. The van der Waals surface area contributed by atoms with Crippen LogP contribution in [0, 0.1) is 0 Å². The zero-order valence-corrected chi connectivity index (χ0v) is 13.9. The van der Waals surface area contributed by atoms with E-state index in [0.717, 1.165) is 59.1 Å². The predicted molar refractivity (Wildman–Crippen MR) is 86.9 cm³/mol. The van der Waals surface area contributed by atoms with Crippen LogP contribution >= 0.6 is 0 Å². The molecule has 6 heteroatoms. The Hall–Kier alpha value is -0.240. The fraction of sp³-hybridized carbons (Fsp3) is 1.00. The largest absolute Gasteiger partial charge is 0.379 e. The first-order valence-corrected chi connectivity index (χ1v) is 8.26. The lowest BCUT2D eigenvalue weighted by molar-refractivity contribution is 0.0410. The molecule has 0 saturated carbocycles. The summed E-state index contributed by atoms with van der Waals surface area (Å²) in [5.74, 6) is 0. The summed E-state index contributed by atoms with van der Waals surface area (Å²) in [6.07, 6.45) is 0.425. The number of hydrogen-bond donors (Lipinski definition) is 4. The molecule has 6 nitrogen and oxygen atoms in total. The van der Waals surface area contributed by atoms with Crippen LogP contribution in [0.1, 0.15) is 20.8 Å². The summed E-state index contributed by atoms with van der Waals surface area (Å²) >= 11 is 0. The third-order valence-corrected chi connectivity index (χ3v) is 3.47. The van der Waals surface area contributed by atoms with E-state index in [9.17, 15) is 0 Å². The van der Waals surface area contributed by atoms with Gasteiger partial charge >= 0.3 is 0 Å². The Kier molecular flexibility index (Phi) is 11.0. The first-order chi connectivity index (χ1) is 10.2. The van der Waals surface area contributed by atoms with Crippen LogP contribution in [0.2, 0.25) is 0 Å². The Morgan fingerprint density at radius 2 is 1.52 bits per heavy atom. The number of piperazine rings is 1. The van der Waals surface area contributed by atoms with Crippen molar-refractivity contribution in [2.24, 2.45) is 0 Å². The van der Waals surface area contributed by atoms with E-state index >= 15 is 0 Å². The zero-order valence-electron chi connectivity index (χ0n) is 13.9. The number of ether oxygens (including phenoxy) is 2. The highest BCUT2D eigenvalue weighted by Crippen LogP contribution is 1.91. The van der Waals surface area contributed by atoms with E-state index in [-0.39, 0.29) is 0 Å². The van der Waals surface area contributed by atoms with Gasteiger partial charge in [0.1, 0.15) is 0 Å². The van der Waals surface area contributed by atoms with Gasteiger partial charge in [-0.05, 0) is 20.8 Å².